The summed E-state index contributed by atoms with van der Waals surface area (Å²) in [6, 6.07) is 2.23. The van der Waals surface area contributed by atoms with E-state index in [9.17, 15) is 0 Å². The van der Waals surface area contributed by atoms with E-state index in [1.54, 1.807) is 7.11 Å². The van der Waals surface area contributed by atoms with Crippen LogP contribution < -0.4 is 4.90 Å². The largest absolute Gasteiger partial charge is 0.383 e. The van der Waals surface area contributed by atoms with Crippen LogP contribution in [0.15, 0.2) is 18.5 Å². The van der Waals surface area contributed by atoms with Crippen molar-refractivity contribution in [2.75, 3.05) is 51.3 Å². The van der Waals surface area contributed by atoms with E-state index in [0.29, 0.717) is 5.92 Å². The van der Waals surface area contributed by atoms with Gasteiger partial charge in [0.1, 0.15) is 5.52 Å². The summed E-state index contributed by atoms with van der Waals surface area (Å²) in [7, 11) is 1.76. The predicted octanol–water partition coefficient (Wildman–Crippen LogP) is 1.38. The van der Waals surface area contributed by atoms with Crippen molar-refractivity contribution in [3.8, 4) is 0 Å². The van der Waals surface area contributed by atoms with Crippen LogP contribution in [0, 0.1) is 0 Å². The molecule has 118 valence electrons. The quantitative estimate of drug-likeness (QED) is 0.835. The van der Waals surface area contributed by atoms with Gasteiger partial charge in [-0.2, -0.15) is 5.10 Å². The average molecular weight is 301 g/mol. The Labute approximate surface area is 130 Å². The van der Waals surface area contributed by atoms with E-state index in [2.05, 4.69) is 20.9 Å². The van der Waals surface area contributed by atoms with Gasteiger partial charge in [0, 0.05) is 58.1 Å². The molecule has 2 aromatic rings. The van der Waals surface area contributed by atoms with E-state index >= 15 is 0 Å². The number of piperazine rings is 1. The zero-order valence-electron chi connectivity index (χ0n) is 13.1. The fourth-order valence-electron chi connectivity index (χ4n) is 3.15. The Morgan fingerprint density at radius 2 is 2.05 bits per heavy atom. The number of fused-ring (bicyclic) bond motifs is 1. The Morgan fingerprint density at radius 1 is 1.23 bits per heavy atom. The summed E-state index contributed by atoms with van der Waals surface area (Å²) in [6.07, 6.45) is 6.39. The van der Waals surface area contributed by atoms with Gasteiger partial charge in [-0.25, -0.2) is 9.50 Å². The third-order valence-corrected chi connectivity index (χ3v) is 4.67. The molecule has 1 aliphatic heterocycles. The van der Waals surface area contributed by atoms with Crippen LogP contribution in [0.2, 0.25) is 0 Å². The predicted molar refractivity (Wildman–Crippen MR) is 85.5 cm³/mol. The molecule has 6 heteroatoms. The summed E-state index contributed by atoms with van der Waals surface area (Å²) in [5, 5.41) is 4.71. The Balaban J connectivity index is 1.51. The summed E-state index contributed by atoms with van der Waals surface area (Å²) in [6.45, 7) is 5.98. The van der Waals surface area contributed by atoms with Gasteiger partial charge in [-0.3, -0.25) is 4.90 Å². The molecule has 0 radical (unpaired) electrons. The molecule has 2 aromatic heterocycles. The Morgan fingerprint density at radius 3 is 2.77 bits per heavy atom. The Hall–Kier alpha value is -1.66. The number of anilines is 1. The number of aromatic nitrogens is 3. The van der Waals surface area contributed by atoms with Crippen molar-refractivity contribution in [3.63, 3.8) is 0 Å². The van der Waals surface area contributed by atoms with Crippen molar-refractivity contribution < 1.29 is 4.74 Å². The molecule has 22 heavy (non-hydrogen) atoms. The minimum atomic E-state index is 0.679. The van der Waals surface area contributed by atoms with Crippen LogP contribution in [0.4, 0.5) is 5.82 Å². The first kappa shape index (κ1) is 14.0. The van der Waals surface area contributed by atoms with Crippen molar-refractivity contribution in [2.24, 2.45) is 0 Å². The highest BCUT2D eigenvalue weighted by Gasteiger charge is 2.27. The van der Waals surface area contributed by atoms with Crippen molar-refractivity contribution in [3.05, 3.63) is 24.2 Å². The van der Waals surface area contributed by atoms with E-state index in [0.717, 1.165) is 50.7 Å². The lowest BCUT2D eigenvalue weighted by Crippen LogP contribution is -2.47. The molecule has 0 atom stereocenters. The lowest BCUT2D eigenvalue weighted by molar-refractivity contribution is 0.144. The fourth-order valence-corrected chi connectivity index (χ4v) is 3.15. The summed E-state index contributed by atoms with van der Waals surface area (Å²) >= 11 is 0. The number of hydrogen-bond donors (Lipinski definition) is 0. The number of ether oxygens (including phenoxy) is 1. The van der Waals surface area contributed by atoms with Crippen molar-refractivity contribution in [2.45, 2.75) is 18.8 Å². The van der Waals surface area contributed by atoms with Crippen LogP contribution >= 0.6 is 0 Å². The van der Waals surface area contributed by atoms with Crippen LogP contribution in [0.25, 0.3) is 5.52 Å². The number of rotatable bonds is 5. The second-order valence-corrected chi connectivity index (χ2v) is 6.25. The minimum Gasteiger partial charge on any atom is -0.383 e. The van der Waals surface area contributed by atoms with Gasteiger partial charge in [0.25, 0.3) is 0 Å². The fraction of sp³-hybridized carbons (Fsp3) is 0.625. The van der Waals surface area contributed by atoms with Crippen LogP contribution in [0.3, 0.4) is 0 Å². The van der Waals surface area contributed by atoms with Crippen molar-refractivity contribution in [1.82, 2.24) is 19.5 Å². The highest BCUT2D eigenvalue weighted by Crippen LogP contribution is 2.40. The van der Waals surface area contributed by atoms with Gasteiger partial charge in [0.15, 0.2) is 5.82 Å². The Bertz CT molecular complexity index is 643. The second-order valence-electron chi connectivity index (χ2n) is 6.25. The van der Waals surface area contributed by atoms with Gasteiger partial charge in [0.05, 0.1) is 12.3 Å². The maximum absolute atomic E-state index is 5.17. The Kier molecular flexibility index (Phi) is 3.72. The minimum absolute atomic E-state index is 0.679. The third-order valence-electron chi connectivity index (χ3n) is 4.67. The molecule has 6 nitrogen and oxygen atoms in total. The first-order valence-electron chi connectivity index (χ1n) is 8.15. The SMILES string of the molecule is COCCN1CCN(c2nccn3nc(C4CC4)cc23)CC1. The molecule has 0 N–H and O–H groups in total. The maximum Gasteiger partial charge on any atom is 0.154 e. The molecule has 1 saturated carbocycles. The zero-order valence-corrected chi connectivity index (χ0v) is 13.1. The lowest BCUT2D eigenvalue weighted by Gasteiger charge is -2.35. The van der Waals surface area contributed by atoms with Crippen LogP contribution in [-0.2, 0) is 4.74 Å². The molecular formula is C16H23N5O. The summed E-state index contributed by atoms with van der Waals surface area (Å²) in [4.78, 5) is 9.47. The second kappa shape index (κ2) is 5.85. The van der Waals surface area contributed by atoms with Gasteiger partial charge in [0.2, 0.25) is 0 Å². The van der Waals surface area contributed by atoms with Crippen LogP contribution in [-0.4, -0.2) is 65.9 Å². The molecule has 1 aliphatic carbocycles. The molecule has 0 unspecified atom stereocenters. The van der Waals surface area contributed by atoms with Gasteiger partial charge in [-0.15, -0.1) is 0 Å². The lowest BCUT2D eigenvalue weighted by atomic mass is 10.2. The average Bonchev–Trinajstić information content (AvgIpc) is 3.32. The molecule has 0 spiro atoms. The van der Waals surface area contributed by atoms with Crippen molar-refractivity contribution in [1.29, 1.82) is 0 Å². The van der Waals surface area contributed by atoms with Crippen LogP contribution in [0.5, 0.6) is 0 Å². The summed E-state index contributed by atoms with van der Waals surface area (Å²) in [5.41, 5.74) is 2.38. The topological polar surface area (TPSA) is 45.9 Å². The highest BCUT2D eigenvalue weighted by atomic mass is 16.5. The van der Waals surface area contributed by atoms with E-state index < -0.39 is 0 Å². The molecular weight excluding hydrogens is 278 g/mol. The summed E-state index contributed by atoms with van der Waals surface area (Å²) in [5.74, 6) is 1.76. The van der Waals surface area contributed by atoms with Crippen LogP contribution in [0.1, 0.15) is 24.5 Å². The highest BCUT2D eigenvalue weighted by molar-refractivity contribution is 5.69. The molecule has 2 fully saturated rings. The molecule has 1 saturated heterocycles. The molecule has 0 amide bonds. The molecule has 2 aliphatic rings. The number of hydrogen-bond acceptors (Lipinski definition) is 5. The van der Waals surface area contributed by atoms with Gasteiger partial charge < -0.3 is 9.64 Å². The van der Waals surface area contributed by atoms with Gasteiger partial charge in [-0.1, -0.05) is 0 Å². The zero-order chi connectivity index (χ0) is 14.9. The first-order valence-corrected chi connectivity index (χ1v) is 8.15. The molecule has 0 bridgehead atoms. The third kappa shape index (κ3) is 2.68. The van der Waals surface area contributed by atoms with E-state index in [-0.39, 0.29) is 0 Å². The number of nitrogens with zero attached hydrogens (tertiary/aromatic N) is 5. The molecule has 3 heterocycles. The van der Waals surface area contributed by atoms with E-state index in [1.807, 2.05) is 16.9 Å². The van der Waals surface area contributed by atoms with Gasteiger partial charge in [-0.05, 0) is 18.9 Å². The number of methoxy groups -OCH3 is 1. The van der Waals surface area contributed by atoms with Gasteiger partial charge >= 0.3 is 0 Å². The maximum atomic E-state index is 5.17. The molecule has 4 rings (SSSR count). The molecule has 0 aromatic carbocycles. The van der Waals surface area contributed by atoms with E-state index in [4.69, 9.17) is 9.84 Å². The summed E-state index contributed by atoms with van der Waals surface area (Å²) < 4.78 is 7.16. The standard InChI is InChI=1S/C16H23N5O/c1-22-11-10-19-6-8-20(9-7-19)16-15-12-14(13-2-3-13)18-21(15)5-4-17-16/h4-5,12-13H,2-3,6-11H2,1H3. The first-order chi connectivity index (χ1) is 10.8. The van der Waals surface area contributed by atoms with Crippen molar-refractivity contribution >= 4 is 11.3 Å². The normalized spacial score (nSPS) is 20.0. The smallest absolute Gasteiger partial charge is 0.154 e. The monoisotopic (exact) mass is 301 g/mol. The van der Waals surface area contributed by atoms with E-state index in [1.165, 1.54) is 18.5 Å².